The van der Waals surface area contributed by atoms with Crippen molar-refractivity contribution in [3.8, 4) is 22.6 Å². The fourth-order valence-corrected chi connectivity index (χ4v) is 9.68. The van der Waals surface area contributed by atoms with E-state index >= 15 is 0 Å². The van der Waals surface area contributed by atoms with Crippen molar-refractivity contribution in [3.63, 3.8) is 0 Å². The molecule has 5 atom stereocenters. The predicted octanol–water partition coefficient (Wildman–Crippen LogP) is 11.8. The van der Waals surface area contributed by atoms with Gasteiger partial charge in [0.05, 0.1) is 49.8 Å². The van der Waals surface area contributed by atoms with Gasteiger partial charge in [0.25, 0.3) is 0 Å². The lowest BCUT2D eigenvalue weighted by Gasteiger charge is -2.34. The second-order valence-electron chi connectivity index (χ2n) is 22.7. The van der Waals surface area contributed by atoms with Gasteiger partial charge in [0, 0.05) is 37.0 Å². The average Bonchev–Trinajstić information content (AvgIpc) is 4.51. The van der Waals surface area contributed by atoms with Gasteiger partial charge in [0.15, 0.2) is 5.82 Å². The maximum Gasteiger partial charge on any atom is 0.407 e. The minimum absolute atomic E-state index is 0.0342. The SMILES string of the molecule is CC.CC(C)C.CC(C)C.COC(N)=O.COCC(=O)N1CCCC1c1nc(-c2ccc([C@H]3CCC(c4ccc(-c5cc([C@@H]6CCCN6C(=O)C(NC(=O)OC)C(C)C)[nH]n5)cc4)N3c3ccc(C(C)(C)C)cc3)cc2)n[nH]1.NC=O. The molecular weight excluding hydrogens is 1030 g/mol. The monoisotopic (exact) mass is 1120 g/mol. The molecular formula is C62H95N11O8. The van der Waals surface area contributed by atoms with E-state index in [1.807, 2.05) is 43.6 Å². The fraction of sp³-hybridized carbons (Fsp3) is 0.548. The third-order valence-electron chi connectivity index (χ3n) is 13.3. The number of hydrogen-bond acceptors (Lipinski definition) is 12. The number of aromatic nitrogens is 5. The molecule has 0 radical (unpaired) electrons. The van der Waals surface area contributed by atoms with E-state index < -0.39 is 18.2 Å². The van der Waals surface area contributed by atoms with Crippen molar-refractivity contribution < 1.29 is 38.2 Å². The van der Waals surface area contributed by atoms with Crippen molar-refractivity contribution in [1.82, 2.24) is 40.5 Å². The summed E-state index contributed by atoms with van der Waals surface area (Å²) in [6.45, 7) is 28.9. The first-order valence-corrected chi connectivity index (χ1v) is 28.5. The third-order valence-corrected chi connectivity index (χ3v) is 13.3. The van der Waals surface area contributed by atoms with Gasteiger partial charge in [-0.05, 0) is 96.6 Å². The standard InChI is InChI=1S/C49H61N9O5.2C4H10.C2H5NO2.C2H6.CH3NO/c1-30(2)44(50-48(61)63-7)47(60)57-27-8-10-41(57)38-28-37(52-53-38)31-12-14-32(15-13-31)39-24-25-40(58(39)36-22-20-35(21-23-36)49(3,4)5)33-16-18-34(19-17-33)45-51-46(55-54-45)42-11-9-26-56(42)43(59)29-62-6;2*1-4(2)3;1-5-2(3)4;1-2;2-1-3/h12-23,28,30,39-42,44H,8-11,24-27,29H2,1-7H3,(H,50,61)(H,52,53)(H,51,54,55);2*4H,1-3H3;1H3,(H2,3,4);1-2H3;1H,(H2,2,3)/t39?,40-,41+,42?,44?;;;;;/m1...../s1. The van der Waals surface area contributed by atoms with Crippen LogP contribution in [0.15, 0.2) is 78.9 Å². The molecule has 0 spiro atoms. The van der Waals surface area contributed by atoms with Crippen LogP contribution in [0.3, 0.4) is 0 Å². The quantitative estimate of drug-likeness (QED) is 0.0731. The summed E-state index contributed by atoms with van der Waals surface area (Å²) in [6.07, 6.45) is 4.30. The number of H-pyrrole nitrogens is 2. The zero-order valence-corrected chi connectivity index (χ0v) is 51.2. The number of aromatic amines is 2. The van der Waals surface area contributed by atoms with Crippen molar-refractivity contribution in [2.45, 2.75) is 164 Å². The molecule has 5 amide bonds. The number of anilines is 1. The number of hydrogen-bond donors (Lipinski definition) is 5. The molecule has 81 heavy (non-hydrogen) atoms. The highest BCUT2D eigenvalue weighted by Crippen LogP contribution is 2.48. The summed E-state index contributed by atoms with van der Waals surface area (Å²) in [7, 11) is 4.07. The molecule has 5 aromatic rings. The highest BCUT2D eigenvalue weighted by Gasteiger charge is 2.39. The minimum atomic E-state index is -0.745. The Morgan fingerprint density at radius 2 is 1.20 bits per heavy atom. The Kier molecular flexibility index (Phi) is 28.1. The number of rotatable bonds is 12. The summed E-state index contributed by atoms with van der Waals surface area (Å²) in [5.74, 6) is 2.74. The van der Waals surface area contributed by atoms with E-state index in [2.05, 4.69) is 177 Å². The van der Waals surface area contributed by atoms with Crippen LogP contribution >= 0.6 is 0 Å². The Hall–Kier alpha value is -7.28. The molecule has 0 saturated carbocycles. The third kappa shape index (κ3) is 20.0. The molecule has 2 aromatic heterocycles. The molecule has 3 fully saturated rings. The molecule has 0 aliphatic carbocycles. The van der Waals surface area contributed by atoms with Crippen LogP contribution in [0.4, 0.5) is 15.3 Å². The summed E-state index contributed by atoms with van der Waals surface area (Å²) in [5.41, 5.74) is 17.2. The van der Waals surface area contributed by atoms with E-state index in [9.17, 15) is 19.2 Å². The van der Waals surface area contributed by atoms with Crippen molar-refractivity contribution >= 4 is 36.1 Å². The molecule has 0 bridgehead atoms. The van der Waals surface area contributed by atoms with Gasteiger partial charge in [-0.3, -0.25) is 24.6 Å². The highest BCUT2D eigenvalue weighted by molar-refractivity contribution is 5.86. The molecule has 5 heterocycles. The predicted molar refractivity (Wildman–Crippen MR) is 321 cm³/mol. The van der Waals surface area contributed by atoms with Gasteiger partial charge in [-0.15, -0.1) is 0 Å². The number of nitrogens with two attached hydrogens (primary N) is 2. The van der Waals surface area contributed by atoms with Crippen LogP contribution in [0.25, 0.3) is 22.6 Å². The van der Waals surface area contributed by atoms with Crippen molar-refractivity contribution in [2.24, 2.45) is 29.2 Å². The molecule has 3 aromatic carbocycles. The van der Waals surface area contributed by atoms with Crippen molar-refractivity contribution in [3.05, 3.63) is 107 Å². The summed E-state index contributed by atoms with van der Waals surface area (Å²) in [4.78, 5) is 67.6. The van der Waals surface area contributed by atoms with Gasteiger partial charge < -0.3 is 45.7 Å². The lowest BCUT2D eigenvalue weighted by atomic mass is 9.87. The maximum atomic E-state index is 13.7. The number of nitrogens with one attached hydrogen (secondary N) is 3. The number of carbonyl (C=O) groups is 5. The summed E-state index contributed by atoms with van der Waals surface area (Å²) in [5, 5.41) is 18.4. The smallest absolute Gasteiger partial charge is 0.407 e. The summed E-state index contributed by atoms with van der Waals surface area (Å²) in [6, 6.07) is 27.8. The number of primary amides is 2. The molecule has 19 nitrogen and oxygen atoms in total. The van der Waals surface area contributed by atoms with E-state index in [-0.39, 0.29) is 60.3 Å². The van der Waals surface area contributed by atoms with Crippen molar-refractivity contribution in [1.29, 1.82) is 0 Å². The van der Waals surface area contributed by atoms with E-state index in [4.69, 9.17) is 24.4 Å². The van der Waals surface area contributed by atoms with Gasteiger partial charge in [-0.2, -0.15) is 10.2 Å². The summed E-state index contributed by atoms with van der Waals surface area (Å²) >= 11 is 0. The summed E-state index contributed by atoms with van der Waals surface area (Å²) < 4.78 is 13.8. The van der Waals surface area contributed by atoms with Crippen LogP contribution in [0.5, 0.6) is 0 Å². The zero-order chi connectivity index (χ0) is 60.6. The fourth-order valence-electron chi connectivity index (χ4n) is 9.68. The Morgan fingerprint density at radius 1 is 0.704 bits per heavy atom. The van der Waals surface area contributed by atoms with Crippen LogP contribution < -0.4 is 21.7 Å². The second kappa shape index (κ2) is 33.5. The minimum Gasteiger partial charge on any atom is -0.453 e. The largest absolute Gasteiger partial charge is 0.453 e. The molecule has 19 heteroatoms. The number of nitrogens with zero attached hydrogens (tertiary/aromatic N) is 6. The molecule has 3 saturated heterocycles. The Bertz CT molecular complexity index is 2650. The normalized spacial score (nSPS) is 17.6. The first-order chi connectivity index (χ1) is 38.5. The van der Waals surface area contributed by atoms with Gasteiger partial charge in [-0.25, -0.2) is 14.6 Å². The Morgan fingerprint density at radius 3 is 1.67 bits per heavy atom. The van der Waals surface area contributed by atoms with Gasteiger partial charge in [-0.1, -0.05) is 151 Å². The maximum absolute atomic E-state index is 13.7. The van der Waals surface area contributed by atoms with E-state index in [0.717, 1.165) is 72.9 Å². The lowest BCUT2D eigenvalue weighted by Crippen LogP contribution is -2.51. The topological polar surface area (TPSA) is 257 Å². The van der Waals surface area contributed by atoms with E-state index in [1.165, 1.54) is 36.6 Å². The zero-order valence-electron chi connectivity index (χ0n) is 51.2. The molecule has 7 N–H and O–H groups in total. The number of likely N-dealkylation sites (tertiary alicyclic amines) is 2. The lowest BCUT2D eigenvalue weighted by molar-refractivity contribution is -0.136. The molecule has 8 rings (SSSR count). The van der Waals surface area contributed by atoms with Gasteiger partial charge >= 0.3 is 12.2 Å². The van der Waals surface area contributed by atoms with Crippen LogP contribution in [-0.4, -0.2) is 113 Å². The molecule has 3 aliphatic heterocycles. The molecule has 3 aliphatic rings. The van der Waals surface area contributed by atoms with Crippen molar-refractivity contribution in [2.75, 3.05) is 45.9 Å². The first kappa shape index (κ1) is 68.0. The molecule has 3 unspecified atom stereocenters. The van der Waals surface area contributed by atoms with Crippen LogP contribution in [0.2, 0.25) is 0 Å². The average molecular weight is 1120 g/mol. The molecule has 446 valence electrons. The number of carbonyl (C=O) groups excluding carboxylic acids is 5. The van der Waals surface area contributed by atoms with Crippen LogP contribution in [0, 0.1) is 17.8 Å². The number of methoxy groups -OCH3 is 3. The highest BCUT2D eigenvalue weighted by atomic mass is 16.5. The van der Waals surface area contributed by atoms with Gasteiger partial charge in [0.1, 0.15) is 18.5 Å². The first-order valence-electron chi connectivity index (χ1n) is 28.5. The van der Waals surface area contributed by atoms with Crippen LogP contribution in [-0.2, 0) is 34.0 Å². The Labute approximate surface area is 482 Å². The van der Waals surface area contributed by atoms with Crippen LogP contribution in [0.1, 0.15) is 181 Å². The van der Waals surface area contributed by atoms with E-state index in [0.29, 0.717) is 24.7 Å². The number of amides is 5. The van der Waals surface area contributed by atoms with Gasteiger partial charge in [0.2, 0.25) is 18.2 Å². The Balaban J connectivity index is 0.000000842. The number of benzene rings is 3. The number of alkyl carbamates (subject to hydrolysis) is 1. The second-order valence-corrected chi connectivity index (χ2v) is 22.7. The van der Waals surface area contributed by atoms with E-state index in [1.54, 1.807) is 7.11 Å². The number of ether oxygens (including phenoxy) is 3.